The summed E-state index contributed by atoms with van der Waals surface area (Å²) < 4.78 is 10.2. The molecule has 11 heteroatoms. The number of nitrogens with one attached hydrogen (secondary N) is 1. The van der Waals surface area contributed by atoms with Gasteiger partial charge in [-0.05, 0) is 24.3 Å². The van der Waals surface area contributed by atoms with Crippen LogP contribution in [0.3, 0.4) is 0 Å². The number of nitrogens with zero attached hydrogens (tertiary/aromatic N) is 3. The number of hydrogen-bond acceptors (Lipinski definition) is 7. The van der Waals surface area contributed by atoms with Gasteiger partial charge in [-0.3, -0.25) is 14.9 Å². The number of carbonyl (C=O) groups excluding carboxylic acids is 1. The SMILES string of the molecule is COCCN(CCOC)c1cc(Cl)cc(C(=O)Nc2ccc(Cl)cn2)c1[N+](=O)[O-]. The Bertz CT molecular complexity index is 856. The summed E-state index contributed by atoms with van der Waals surface area (Å²) >= 11 is 12.0. The summed E-state index contributed by atoms with van der Waals surface area (Å²) in [4.78, 5) is 29.7. The number of aromatic nitrogens is 1. The maximum atomic E-state index is 12.8. The summed E-state index contributed by atoms with van der Waals surface area (Å²) in [6, 6.07) is 5.72. The number of carbonyl (C=O) groups is 1. The van der Waals surface area contributed by atoms with Crippen LogP contribution < -0.4 is 10.2 Å². The lowest BCUT2D eigenvalue weighted by molar-refractivity contribution is -0.384. The third-order valence-corrected chi connectivity index (χ3v) is 4.36. The van der Waals surface area contributed by atoms with Gasteiger partial charge in [0.15, 0.2) is 0 Å². The second-order valence-corrected chi connectivity index (χ2v) is 6.74. The minimum Gasteiger partial charge on any atom is -0.383 e. The molecule has 0 saturated heterocycles. The Kier molecular flexibility index (Phi) is 8.59. The lowest BCUT2D eigenvalue weighted by Gasteiger charge is -2.24. The van der Waals surface area contributed by atoms with Crippen molar-refractivity contribution in [2.45, 2.75) is 0 Å². The monoisotopic (exact) mass is 442 g/mol. The highest BCUT2D eigenvalue weighted by atomic mass is 35.5. The molecule has 0 atom stereocenters. The van der Waals surface area contributed by atoms with Crippen LogP contribution in [0.15, 0.2) is 30.5 Å². The third-order valence-electron chi connectivity index (χ3n) is 3.92. The fourth-order valence-electron chi connectivity index (χ4n) is 2.58. The van der Waals surface area contributed by atoms with Crippen molar-refractivity contribution in [3.8, 4) is 0 Å². The molecule has 1 aromatic heterocycles. The first-order valence-corrected chi connectivity index (χ1v) is 9.26. The molecular formula is C18H20Cl2N4O5. The van der Waals surface area contributed by atoms with Crippen molar-refractivity contribution in [1.82, 2.24) is 4.98 Å². The van der Waals surface area contributed by atoms with Gasteiger partial charge in [-0.2, -0.15) is 0 Å². The minimum atomic E-state index is -0.714. The predicted molar refractivity (Wildman–Crippen MR) is 111 cm³/mol. The smallest absolute Gasteiger partial charge is 0.305 e. The quantitative estimate of drug-likeness (QED) is 0.441. The number of pyridine rings is 1. The zero-order valence-electron chi connectivity index (χ0n) is 15.9. The van der Waals surface area contributed by atoms with E-state index in [9.17, 15) is 14.9 Å². The third kappa shape index (κ3) is 6.26. The zero-order chi connectivity index (χ0) is 21.4. The standard InChI is InChI=1S/C18H20Cl2N4O5/c1-28-7-5-23(6-8-29-2)15-10-13(20)9-14(17(15)24(26)27)18(25)22-16-4-3-12(19)11-21-16/h3-4,9-11H,5-8H2,1-2H3,(H,21,22,25). The molecule has 0 unspecified atom stereocenters. The molecule has 0 bridgehead atoms. The van der Waals surface area contributed by atoms with E-state index in [0.717, 1.165) is 0 Å². The first-order valence-electron chi connectivity index (χ1n) is 8.51. The lowest BCUT2D eigenvalue weighted by atomic mass is 10.1. The van der Waals surface area contributed by atoms with Crippen LogP contribution >= 0.6 is 23.2 Å². The molecule has 1 N–H and O–H groups in total. The van der Waals surface area contributed by atoms with Gasteiger partial charge in [0.25, 0.3) is 5.91 Å². The van der Waals surface area contributed by atoms with E-state index in [-0.39, 0.29) is 27.8 Å². The Balaban J connectivity index is 2.47. The van der Waals surface area contributed by atoms with E-state index < -0.39 is 10.8 Å². The number of ether oxygens (including phenoxy) is 2. The van der Waals surface area contributed by atoms with E-state index in [1.165, 1.54) is 38.6 Å². The normalized spacial score (nSPS) is 10.6. The highest BCUT2D eigenvalue weighted by Crippen LogP contribution is 2.35. The largest absolute Gasteiger partial charge is 0.383 e. The van der Waals surface area contributed by atoms with E-state index in [2.05, 4.69) is 10.3 Å². The maximum absolute atomic E-state index is 12.8. The Morgan fingerprint density at radius 3 is 2.34 bits per heavy atom. The number of halogens is 2. The van der Waals surface area contributed by atoms with Crippen LogP contribution in [0.5, 0.6) is 0 Å². The van der Waals surface area contributed by atoms with Gasteiger partial charge < -0.3 is 19.7 Å². The number of hydrogen-bond donors (Lipinski definition) is 1. The van der Waals surface area contributed by atoms with Gasteiger partial charge in [0.2, 0.25) is 0 Å². The van der Waals surface area contributed by atoms with Crippen molar-refractivity contribution in [3.05, 3.63) is 56.2 Å². The van der Waals surface area contributed by atoms with Crippen molar-refractivity contribution in [3.63, 3.8) is 0 Å². The lowest BCUT2D eigenvalue weighted by Crippen LogP contribution is -2.31. The fraction of sp³-hybridized carbons (Fsp3) is 0.333. The zero-order valence-corrected chi connectivity index (χ0v) is 17.4. The Labute approximate surface area is 177 Å². The Morgan fingerprint density at radius 1 is 1.17 bits per heavy atom. The van der Waals surface area contributed by atoms with Gasteiger partial charge >= 0.3 is 5.69 Å². The van der Waals surface area contributed by atoms with Crippen molar-refractivity contribution < 1.29 is 19.2 Å². The molecule has 0 radical (unpaired) electrons. The van der Waals surface area contributed by atoms with Crippen LogP contribution in [-0.4, -0.2) is 56.3 Å². The summed E-state index contributed by atoms with van der Waals surface area (Å²) in [5, 5.41) is 15.0. The maximum Gasteiger partial charge on any atom is 0.305 e. The molecular weight excluding hydrogens is 423 g/mol. The molecule has 1 heterocycles. The first kappa shape index (κ1) is 22.8. The van der Waals surface area contributed by atoms with Crippen LogP contribution in [0.25, 0.3) is 0 Å². The van der Waals surface area contributed by atoms with Crippen LogP contribution in [-0.2, 0) is 9.47 Å². The highest BCUT2D eigenvalue weighted by molar-refractivity contribution is 6.32. The Morgan fingerprint density at radius 2 is 1.83 bits per heavy atom. The first-order chi connectivity index (χ1) is 13.9. The average Bonchev–Trinajstić information content (AvgIpc) is 2.69. The summed E-state index contributed by atoms with van der Waals surface area (Å²) in [6.45, 7) is 1.34. The fourth-order valence-corrected chi connectivity index (χ4v) is 2.90. The molecule has 0 saturated carbocycles. The van der Waals surface area contributed by atoms with E-state index in [1.54, 1.807) is 11.0 Å². The molecule has 1 amide bonds. The summed E-state index contributed by atoms with van der Waals surface area (Å²) in [5.74, 6) is -0.514. The molecule has 0 fully saturated rings. The summed E-state index contributed by atoms with van der Waals surface area (Å²) in [7, 11) is 3.05. The number of methoxy groups -OCH3 is 2. The average molecular weight is 443 g/mol. The van der Waals surface area contributed by atoms with Gasteiger partial charge in [0.1, 0.15) is 17.1 Å². The van der Waals surface area contributed by atoms with Gasteiger partial charge in [-0.1, -0.05) is 23.2 Å². The molecule has 2 aromatic rings. The molecule has 0 aliphatic rings. The van der Waals surface area contributed by atoms with E-state index in [0.29, 0.717) is 31.3 Å². The molecule has 2 rings (SSSR count). The van der Waals surface area contributed by atoms with Gasteiger partial charge in [0.05, 0.1) is 23.2 Å². The number of benzene rings is 1. The van der Waals surface area contributed by atoms with Crippen LogP contribution in [0.1, 0.15) is 10.4 Å². The number of anilines is 2. The second kappa shape index (κ2) is 10.9. The van der Waals surface area contributed by atoms with Gasteiger partial charge in [-0.15, -0.1) is 0 Å². The molecule has 1 aromatic carbocycles. The Hall–Kier alpha value is -2.46. The van der Waals surface area contributed by atoms with E-state index in [4.69, 9.17) is 32.7 Å². The van der Waals surface area contributed by atoms with Crippen molar-refractivity contribution in [1.29, 1.82) is 0 Å². The van der Waals surface area contributed by atoms with Gasteiger partial charge in [0, 0.05) is 38.5 Å². The van der Waals surface area contributed by atoms with Crippen LogP contribution in [0.2, 0.25) is 10.0 Å². The molecule has 156 valence electrons. The van der Waals surface area contributed by atoms with Crippen molar-refractivity contribution in [2.75, 3.05) is 50.7 Å². The number of amides is 1. The van der Waals surface area contributed by atoms with Crippen molar-refractivity contribution >= 4 is 46.3 Å². The molecule has 29 heavy (non-hydrogen) atoms. The van der Waals surface area contributed by atoms with Crippen molar-refractivity contribution in [2.24, 2.45) is 0 Å². The molecule has 0 spiro atoms. The minimum absolute atomic E-state index is 0.180. The molecule has 0 aliphatic carbocycles. The molecule has 0 aliphatic heterocycles. The van der Waals surface area contributed by atoms with Crippen LogP contribution in [0, 0.1) is 10.1 Å². The number of rotatable bonds is 10. The van der Waals surface area contributed by atoms with Gasteiger partial charge in [-0.25, -0.2) is 4.98 Å². The highest BCUT2D eigenvalue weighted by Gasteiger charge is 2.29. The summed E-state index contributed by atoms with van der Waals surface area (Å²) in [6.07, 6.45) is 1.35. The predicted octanol–water partition coefficient (Wildman–Crippen LogP) is 3.65. The van der Waals surface area contributed by atoms with Crippen LogP contribution in [0.4, 0.5) is 17.2 Å². The molecule has 9 nitrogen and oxygen atoms in total. The number of nitro groups is 1. The van der Waals surface area contributed by atoms with E-state index >= 15 is 0 Å². The number of nitro benzene ring substituents is 1. The summed E-state index contributed by atoms with van der Waals surface area (Å²) in [5.41, 5.74) is -0.354. The second-order valence-electron chi connectivity index (χ2n) is 5.87. The topological polar surface area (TPSA) is 107 Å². The van der Waals surface area contributed by atoms with E-state index in [1.807, 2.05) is 0 Å².